The zero-order valence-corrected chi connectivity index (χ0v) is 14.3. The number of nitrogens with zero attached hydrogens (tertiary/aromatic N) is 3. The van der Waals surface area contributed by atoms with Crippen molar-refractivity contribution >= 4 is 5.96 Å². The lowest BCUT2D eigenvalue weighted by Crippen LogP contribution is -2.40. The molecule has 2 fully saturated rings. The highest BCUT2D eigenvalue weighted by Crippen LogP contribution is 2.20. The van der Waals surface area contributed by atoms with E-state index >= 15 is 0 Å². The van der Waals surface area contributed by atoms with Crippen LogP contribution in [0.2, 0.25) is 0 Å². The molecule has 2 aliphatic rings. The molecule has 0 saturated carbocycles. The largest absolute Gasteiger partial charge is 0.505 e. The van der Waals surface area contributed by atoms with Gasteiger partial charge in [-0.1, -0.05) is 6.07 Å². The number of rotatable bonds is 4. The third-order valence-corrected chi connectivity index (χ3v) is 4.97. The van der Waals surface area contributed by atoms with Crippen LogP contribution in [0.15, 0.2) is 23.2 Å². The molecule has 6 heteroatoms. The average molecular weight is 334 g/mol. The normalized spacial score (nSPS) is 22.3. The number of phenols is 1. The van der Waals surface area contributed by atoms with Crippen molar-refractivity contribution in [2.75, 3.05) is 39.8 Å². The summed E-state index contributed by atoms with van der Waals surface area (Å²) in [6, 6.07) is 4.46. The topological polar surface area (TPSA) is 51.1 Å². The Bertz CT molecular complexity index is 586. The third-order valence-electron chi connectivity index (χ3n) is 4.97. The molecule has 2 saturated heterocycles. The van der Waals surface area contributed by atoms with E-state index in [2.05, 4.69) is 20.1 Å². The first kappa shape index (κ1) is 17.0. The number of benzene rings is 1. The van der Waals surface area contributed by atoms with E-state index in [1.807, 2.05) is 0 Å². The van der Waals surface area contributed by atoms with Crippen LogP contribution in [0.1, 0.15) is 24.8 Å². The summed E-state index contributed by atoms with van der Waals surface area (Å²) in [6.45, 7) is 6.22. The highest BCUT2D eigenvalue weighted by Gasteiger charge is 2.27. The van der Waals surface area contributed by atoms with Crippen molar-refractivity contribution in [2.45, 2.75) is 25.8 Å². The van der Waals surface area contributed by atoms with Crippen molar-refractivity contribution in [1.29, 1.82) is 0 Å². The highest BCUT2D eigenvalue weighted by atomic mass is 19.1. The Morgan fingerprint density at radius 2 is 2.12 bits per heavy atom. The monoisotopic (exact) mass is 334 g/mol. The van der Waals surface area contributed by atoms with E-state index in [0.717, 1.165) is 24.6 Å². The van der Waals surface area contributed by atoms with Gasteiger partial charge in [0.15, 0.2) is 17.5 Å². The standard InChI is InChI=1S/C18H27FN4O/c1-20-18(21-11-14-4-5-17(24)16(19)10-14)23-9-6-15(13-23)12-22-7-2-3-8-22/h4-5,10,15,24H,2-3,6-9,11-13H2,1H3,(H,20,21). The minimum atomic E-state index is -0.587. The van der Waals surface area contributed by atoms with E-state index in [0.29, 0.717) is 12.5 Å². The second kappa shape index (κ2) is 7.83. The first-order chi connectivity index (χ1) is 11.7. The van der Waals surface area contributed by atoms with Crippen molar-refractivity contribution in [3.05, 3.63) is 29.6 Å². The van der Waals surface area contributed by atoms with Gasteiger partial charge in [-0.15, -0.1) is 0 Å². The number of aromatic hydroxyl groups is 1. The van der Waals surface area contributed by atoms with E-state index in [1.54, 1.807) is 13.1 Å². The van der Waals surface area contributed by atoms with Gasteiger partial charge in [0.1, 0.15) is 0 Å². The van der Waals surface area contributed by atoms with Crippen LogP contribution in [0.3, 0.4) is 0 Å². The molecule has 0 radical (unpaired) electrons. The van der Waals surface area contributed by atoms with Crippen LogP contribution in [-0.4, -0.2) is 60.6 Å². The quantitative estimate of drug-likeness (QED) is 0.653. The first-order valence-corrected chi connectivity index (χ1v) is 8.81. The van der Waals surface area contributed by atoms with Gasteiger partial charge >= 0.3 is 0 Å². The Labute approximate surface area is 143 Å². The molecule has 1 aromatic carbocycles. The second-order valence-electron chi connectivity index (χ2n) is 6.79. The van der Waals surface area contributed by atoms with Gasteiger partial charge in [0, 0.05) is 33.2 Å². The van der Waals surface area contributed by atoms with E-state index in [-0.39, 0.29) is 5.75 Å². The lowest BCUT2D eigenvalue weighted by Gasteiger charge is -2.23. The molecule has 2 N–H and O–H groups in total. The fourth-order valence-electron chi connectivity index (χ4n) is 3.68. The van der Waals surface area contributed by atoms with Gasteiger partial charge in [-0.3, -0.25) is 4.99 Å². The number of phenolic OH excluding ortho intramolecular Hbond substituents is 1. The molecule has 1 aromatic rings. The summed E-state index contributed by atoms with van der Waals surface area (Å²) in [6.07, 6.45) is 3.87. The summed E-state index contributed by atoms with van der Waals surface area (Å²) in [4.78, 5) is 9.23. The molecule has 0 aromatic heterocycles. The van der Waals surface area contributed by atoms with Crippen LogP contribution in [0, 0.1) is 11.7 Å². The number of aliphatic imine (C=N–C) groups is 1. The molecular formula is C18H27FN4O. The Morgan fingerprint density at radius 3 is 2.83 bits per heavy atom. The zero-order valence-electron chi connectivity index (χ0n) is 14.3. The Morgan fingerprint density at radius 1 is 1.33 bits per heavy atom. The molecule has 0 amide bonds. The maximum atomic E-state index is 13.4. The lowest BCUT2D eigenvalue weighted by molar-refractivity contribution is 0.281. The molecule has 24 heavy (non-hydrogen) atoms. The minimum Gasteiger partial charge on any atom is -0.505 e. The van der Waals surface area contributed by atoms with E-state index < -0.39 is 5.82 Å². The van der Waals surface area contributed by atoms with Crippen LogP contribution >= 0.6 is 0 Å². The average Bonchev–Trinajstić information content (AvgIpc) is 3.24. The summed E-state index contributed by atoms with van der Waals surface area (Å²) in [5.41, 5.74) is 0.791. The van der Waals surface area contributed by atoms with Gasteiger partial charge < -0.3 is 20.2 Å². The summed E-state index contributed by atoms with van der Waals surface area (Å²) < 4.78 is 13.4. The van der Waals surface area contributed by atoms with Crippen molar-refractivity contribution in [3.8, 4) is 5.75 Å². The SMILES string of the molecule is CN=C(NCc1ccc(O)c(F)c1)N1CCC(CN2CCCC2)C1. The first-order valence-electron chi connectivity index (χ1n) is 8.81. The van der Waals surface area contributed by atoms with Crippen LogP contribution < -0.4 is 5.32 Å². The smallest absolute Gasteiger partial charge is 0.193 e. The summed E-state index contributed by atoms with van der Waals surface area (Å²) >= 11 is 0. The molecule has 132 valence electrons. The molecule has 2 heterocycles. The van der Waals surface area contributed by atoms with E-state index in [4.69, 9.17) is 0 Å². The molecule has 0 spiro atoms. The number of halogens is 1. The van der Waals surface area contributed by atoms with Gasteiger partial charge in [0.25, 0.3) is 0 Å². The van der Waals surface area contributed by atoms with Gasteiger partial charge in [0.2, 0.25) is 0 Å². The zero-order chi connectivity index (χ0) is 16.9. The number of likely N-dealkylation sites (tertiary alicyclic amines) is 2. The number of nitrogens with one attached hydrogen (secondary N) is 1. The summed E-state index contributed by atoms with van der Waals surface area (Å²) in [7, 11) is 1.79. The van der Waals surface area contributed by atoms with Crippen molar-refractivity contribution < 1.29 is 9.50 Å². The van der Waals surface area contributed by atoms with Crippen LogP contribution in [0.4, 0.5) is 4.39 Å². The second-order valence-corrected chi connectivity index (χ2v) is 6.79. The van der Waals surface area contributed by atoms with E-state index in [1.165, 1.54) is 51.0 Å². The summed E-state index contributed by atoms with van der Waals surface area (Å²) in [5.74, 6) is 0.670. The van der Waals surface area contributed by atoms with Crippen molar-refractivity contribution in [1.82, 2.24) is 15.1 Å². The molecule has 2 aliphatic heterocycles. The molecule has 0 aliphatic carbocycles. The number of hydrogen-bond acceptors (Lipinski definition) is 3. The number of guanidine groups is 1. The Hall–Kier alpha value is -1.82. The van der Waals surface area contributed by atoms with Gasteiger partial charge in [-0.05, 0) is 56.0 Å². The van der Waals surface area contributed by atoms with Crippen LogP contribution in [-0.2, 0) is 6.54 Å². The highest BCUT2D eigenvalue weighted by molar-refractivity contribution is 5.80. The molecular weight excluding hydrogens is 307 g/mol. The predicted octanol–water partition coefficient (Wildman–Crippen LogP) is 2.02. The minimum absolute atomic E-state index is 0.313. The van der Waals surface area contributed by atoms with E-state index in [9.17, 15) is 9.50 Å². The van der Waals surface area contributed by atoms with Gasteiger partial charge in [-0.25, -0.2) is 4.39 Å². The Kier molecular flexibility index (Phi) is 5.56. The van der Waals surface area contributed by atoms with Crippen LogP contribution in [0.25, 0.3) is 0 Å². The fourth-order valence-corrected chi connectivity index (χ4v) is 3.68. The third kappa shape index (κ3) is 4.17. The Balaban J connectivity index is 1.50. The van der Waals surface area contributed by atoms with Crippen molar-refractivity contribution in [2.24, 2.45) is 10.9 Å². The molecule has 5 nitrogen and oxygen atoms in total. The molecule has 1 unspecified atom stereocenters. The van der Waals surface area contributed by atoms with Gasteiger partial charge in [0.05, 0.1) is 0 Å². The fraction of sp³-hybridized carbons (Fsp3) is 0.611. The molecule has 1 atom stereocenters. The summed E-state index contributed by atoms with van der Waals surface area (Å²) in [5, 5.41) is 12.6. The molecule has 0 bridgehead atoms. The maximum absolute atomic E-state index is 13.4. The lowest BCUT2D eigenvalue weighted by atomic mass is 10.1. The predicted molar refractivity (Wildman–Crippen MR) is 93.6 cm³/mol. The van der Waals surface area contributed by atoms with Crippen LogP contribution in [0.5, 0.6) is 5.75 Å². The van der Waals surface area contributed by atoms with Crippen molar-refractivity contribution in [3.63, 3.8) is 0 Å². The molecule has 3 rings (SSSR count). The van der Waals surface area contributed by atoms with Gasteiger partial charge in [-0.2, -0.15) is 0 Å². The number of hydrogen-bond donors (Lipinski definition) is 2. The maximum Gasteiger partial charge on any atom is 0.193 e.